The van der Waals surface area contributed by atoms with Crippen molar-refractivity contribution in [1.82, 2.24) is 5.32 Å². The molecule has 0 aromatic rings. The van der Waals surface area contributed by atoms with Gasteiger partial charge >= 0.3 is 0 Å². The summed E-state index contributed by atoms with van der Waals surface area (Å²) in [5.41, 5.74) is 6.16. The van der Waals surface area contributed by atoms with Gasteiger partial charge in [-0.2, -0.15) is 0 Å². The minimum Gasteiger partial charge on any atom is -0.495 e. The van der Waals surface area contributed by atoms with Crippen LogP contribution >= 0.6 is 0 Å². The SMILES string of the molecule is COC1=C(N)C(C(=O)NC(C)(C)C)CC=C1. The third-order valence-corrected chi connectivity index (χ3v) is 2.34. The zero-order chi connectivity index (χ0) is 12.3. The van der Waals surface area contributed by atoms with Crippen LogP contribution in [0.5, 0.6) is 0 Å². The van der Waals surface area contributed by atoms with Gasteiger partial charge in [-0.15, -0.1) is 0 Å². The highest BCUT2D eigenvalue weighted by Crippen LogP contribution is 2.22. The predicted octanol–water partition coefficient (Wildman–Crippen LogP) is 1.29. The van der Waals surface area contributed by atoms with Gasteiger partial charge < -0.3 is 15.8 Å². The maximum absolute atomic E-state index is 12.0. The summed E-state index contributed by atoms with van der Waals surface area (Å²) in [5, 5.41) is 2.92. The van der Waals surface area contributed by atoms with Gasteiger partial charge in [0.05, 0.1) is 18.7 Å². The van der Waals surface area contributed by atoms with Crippen molar-refractivity contribution in [2.75, 3.05) is 7.11 Å². The van der Waals surface area contributed by atoms with E-state index in [0.717, 1.165) is 0 Å². The van der Waals surface area contributed by atoms with Gasteiger partial charge in [0.25, 0.3) is 0 Å². The lowest BCUT2D eigenvalue weighted by Gasteiger charge is -2.26. The number of hydrogen-bond acceptors (Lipinski definition) is 3. The molecule has 1 aliphatic carbocycles. The smallest absolute Gasteiger partial charge is 0.229 e. The molecule has 0 heterocycles. The van der Waals surface area contributed by atoms with Crippen LogP contribution in [-0.4, -0.2) is 18.6 Å². The molecule has 1 amide bonds. The second-order valence-corrected chi connectivity index (χ2v) is 4.95. The largest absolute Gasteiger partial charge is 0.495 e. The third-order valence-electron chi connectivity index (χ3n) is 2.34. The summed E-state index contributed by atoms with van der Waals surface area (Å²) in [7, 11) is 1.55. The summed E-state index contributed by atoms with van der Waals surface area (Å²) >= 11 is 0. The van der Waals surface area contributed by atoms with E-state index in [1.807, 2.05) is 26.8 Å². The molecule has 0 fully saturated rings. The summed E-state index contributed by atoms with van der Waals surface area (Å²) in [6.45, 7) is 5.84. The van der Waals surface area contributed by atoms with Crippen molar-refractivity contribution in [3.05, 3.63) is 23.6 Å². The van der Waals surface area contributed by atoms with E-state index >= 15 is 0 Å². The molecule has 1 rings (SSSR count). The van der Waals surface area contributed by atoms with Crippen LogP contribution in [0, 0.1) is 5.92 Å². The maximum Gasteiger partial charge on any atom is 0.229 e. The fourth-order valence-corrected chi connectivity index (χ4v) is 1.60. The molecule has 1 atom stereocenters. The molecule has 0 aromatic heterocycles. The minimum atomic E-state index is -0.320. The van der Waals surface area contributed by atoms with E-state index < -0.39 is 0 Å². The van der Waals surface area contributed by atoms with Crippen LogP contribution in [0.25, 0.3) is 0 Å². The Balaban J connectivity index is 2.79. The number of nitrogens with one attached hydrogen (secondary N) is 1. The third kappa shape index (κ3) is 3.02. The van der Waals surface area contributed by atoms with E-state index in [-0.39, 0.29) is 17.4 Å². The first-order valence-electron chi connectivity index (χ1n) is 5.37. The summed E-state index contributed by atoms with van der Waals surface area (Å²) in [6.07, 6.45) is 4.33. The van der Waals surface area contributed by atoms with Crippen molar-refractivity contribution >= 4 is 5.91 Å². The number of carbonyl (C=O) groups is 1. The second-order valence-electron chi connectivity index (χ2n) is 4.95. The van der Waals surface area contributed by atoms with E-state index in [1.54, 1.807) is 13.2 Å². The summed E-state index contributed by atoms with van der Waals surface area (Å²) in [6, 6.07) is 0. The van der Waals surface area contributed by atoms with Gasteiger partial charge in [0.2, 0.25) is 5.91 Å². The van der Waals surface area contributed by atoms with Crippen LogP contribution in [-0.2, 0) is 9.53 Å². The molecule has 0 radical (unpaired) electrons. The van der Waals surface area contributed by atoms with Crippen LogP contribution in [0.3, 0.4) is 0 Å². The van der Waals surface area contributed by atoms with Crippen LogP contribution in [0.1, 0.15) is 27.2 Å². The molecular formula is C12H20N2O2. The Bertz CT molecular complexity index is 337. The van der Waals surface area contributed by atoms with Gasteiger partial charge in [-0.25, -0.2) is 0 Å². The fraction of sp³-hybridized carbons (Fsp3) is 0.583. The van der Waals surface area contributed by atoms with Crippen LogP contribution in [0.15, 0.2) is 23.6 Å². The number of carbonyl (C=O) groups excluding carboxylic acids is 1. The predicted molar refractivity (Wildman–Crippen MR) is 63.4 cm³/mol. The van der Waals surface area contributed by atoms with Crippen LogP contribution in [0.4, 0.5) is 0 Å². The minimum absolute atomic E-state index is 0.0519. The van der Waals surface area contributed by atoms with Gasteiger partial charge in [0, 0.05) is 5.54 Å². The van der Waals surface area contributed by atoms with E-state index in [0.29, 0.717) is 17.9 Å². The molecular weight excluding hydrogens is 204 g/mol. The lowest BCUT2D eigenvalue weighted by Crippen LogP contribution is -2.45. The molecule has 3 N–H and O–H groups in total. The Morgan fingerprint density at radius 2 is 2.19 bits per heavy atom. The highest BCUT2D eigenvalue weighted by Gasteiger charge is 2.27. The first-order valence-corrected chi connectivity index (χ1v) is 5.37. The highest BCUT2D eigenvalue weighted by molar-refractivity contribution is 5.82. The number of allylic oxidation sites excluding steroid dienone is 2. The Kier molecular flexibility index (Phi) is 3.62. The lowest BCUT2D eigenvalue weighted by atomic mass is 9.94. The molecule has 0 saturated carbocycles. The van der Waals surface area contributed by atoms with Crippen molar-refractivity contribution in [3.63, 3.8) is 0 Å². The molecule has 4 nitrogen and oxygen atoms in total. The number of methoxy groups -OCH3 is 1. The Morgan fingerprint density at radius 3 is 2.69 bits per heavy atom. The molecule has 0 aromatic carbocycles. The maximum atomic E-state index is 12.0. The Hall–Kier alpha value is -1.45. The number of amides is 1. The summed E-state index contributed by atoms with van der Waals surface area (Å²) in [5.74, 6) is 0.211. The van der Waals surface area contributed by atoms with Crippen molar-refractivity contribution in [1.29, 1.82) is 0 Å². The van der Waals surface area contributed by atoms with E-state index in [9.17, 15) is 4.79 Å². The number of rotatable bonds is 2. The molecule has 16 heavy (non-hydrogen) atoms. The summed E-state index contributed by atoms with van der Waals surface area (Å²) in [4.78, 5) is 12.0. The Morgan fingerprint density at radius 1 is 1.56 bits per heavy atom. The van der Waals surface area contributed by atoms with Crippen LogP contribution < -0.4 is 11.1 Å². The first kappa shape index (κ1) is 12.6. The molecule has 1 aliphatic rings. The van der Waals surface area contributed by atoms with Gasteiger partial charge in [-0.1, -0.05) is 6.08 Å². The topological polar surface area (TPSA) is 64.3 Å². The molecule has 0 saturated heterocycles. The average Bonchev–Trinajstić information content (AvgIpc) is 2.15. The quantitative estimate of drug-likeness (QED) is 0.743. The molecule has 0 aliphatic heterocycles. The highest BCUT2D eigenvalue weighted by atomic mass is 16.5. The zero-order valence-corrected chi connectivity index (χ0v) is 10.3. The molecule has 4 heteroatoms. The van der Waals surface area contributed by atoms with Crippen LogP contribution in [0.2, 0.25) is 0 Å². The first-order chi connectivity index (χ1) is 7.35. The number of hydrogen-bond donors (Lipinski definition) is 2. The molecule has 90 valence electrons. The standard InChI is InChI=1S/C12H20N2O2/c1-12(2,3)14-11(15)8-6-5-7-9(16-4)10(8)13/h5,7-8H,6,13H2,1-4H3,(H,14,15). The van der Waals surface area contributed by atoms with Gasteiger partial charge in [-0.3, -0.25) is 4.79 Å². The zero-order valence-electron chi connectivity index (χ0n) is 10.3. The second kappa shape index (κ2) is 4.60. The molecule has 0 bridgehead atoms. The molecule has 1 unspecified atom stereocenters. The van der Waals surface area contributed by atoms with Crippen molar-refractivity contribution in [3.8, 4) is 0 Å². The lowest BCUT2D eigenvalue weighted by molar-refractivity contribution is -0.125. The number of nitrogens with two attached hydrogens (primary N) is 1. The van der Waals surface area contributed by atoms with Gasteiger partial charge in [0.15, 0.2) is 0 Å². The monoisotopic (exact) mass is 224 g/mol. The van der Waals surface area contributed by atoms with E-state index in [2.05, 4.69) is 5.32 Å². The van der Waals surface area contributed by atoms with Crippen molar-refractivity contribution in [2.45, 2.75) is 32.7 Å². The normalized spacial score (nSPS) is 20.9. The molecule has 0 spiro atoms. The van der Waals surface area contributed by atoms with E-state index in [4.69, 9.17) is 10.5 Å². The van der Waals surface area contributed by atoms with E-state index in [1.165, 1.54) is 0 Å². The number of ether oxygens (including phenoxy) is 1. The average molecular weight is 224 g/mol. The fourth-order valence-electron chi connectivity index (χ4n) is 1.60. The summed E-state index contributed by atoms with van der Waals surface area (Å²) < 4.78 is 5.10. The Labute approximate surface area is 96.5 Å². The van der Waals surface area contributed by atoms with Gasteiger partial charge in [0.1, 0.15) is 5.76 Å². The van der Waals surface area contributed by atoms with Crippen molar-refractivity contribution < 1.29 is 9.53 Å². The van der Waals surface area contributed by atoms with Gasteiger partial charge in [-0.05, 0) is 33.3 Å². The van der Waals surface area contributed by atoms with Crippen molar-refractivity contribution in [2.24, 2.45) is 11.7 Å².